The molecule has 1 aliphatic rings. The molecule has 1 atom stereocenters. The van der Waals surface area contributed by atoms with Crippen LogP contribution in [0.5, 0.6) is 0 Å². The van der Waals surface area contributed by atoms with Gasteiger partial charge in [-0.05, 0) is 5.56 Å². The van der Waals surface area contributed by atoms with E-state index in [1.807, 2.05) is 30.3 Å². The van der Waals surface area contributed by atoms with Gasteiger partial charge in [-0.15, -0.1) is 0 Å². The van der Waals surface area contributed by atoms with Crippen LogP contribution < -0.4 is 5.32 Å². The molecule has 1 aliphatic heterocycles. The van der Waals surface area contributed by atoms with E-state index < -0.39 is 6.10 Å². The number of benzene rings is 1. The number of nitrogens with zero attached hydrogens (tertiary/aromatic N) is 2. The highest BCUT2D eigenvalue weighted by molar-refractivity contribution is 5.92. The van der Waals surface area contributed by atoms with Crippen molar-refractivity contribution in [3.05, 3.63) is 53.4 Å². The van der Waals surface area contributed by atoms with Crippen molar-refractivity contribution in [1.29, 1.82) is 0 Å². The molecule has 128 valence electrons. The van der Waals surface area contributed by atoms with Gasteiger partial charge in [0.15, 0.2) is 11.5 Å². The zero-order chi connectivity index (χ0) is 16.8. The minimum absolute atomic E-state index is 0.120. The van der Waals surface area contributed by atoms with Crippen molar-refractivity contribution < 1.29 is 19.2 Å². The van der Waals surface area contributed by atoms with Gasteiger partial charge in [-0.3, -0.25) is 9.69 Å². The van der Waals surface area contributed by atoms with Crippen LogP contribution in [0.15, 0.2) is 40.9 Å². The summed E-state index contributed by atoms with van der Waals surface area (Å²) in [7, 11) is 0. The molecule has 1 unspecified atom stereocenters. The van der Waals surface area contributed by atoms with E-state index in [1.165, 1.54) is 0 Å². The standard InChI is InChI=1S/C17H21N3O4/c21-16(13-4-2-1-3-5-13)11-18-17(22)15-10-14(24-19-15)12-20-6-8-23-9-7-20/h1-5,10,16,21H,6-9,11-12H2,(H,18,22). The summed E-state index contributed by atoms with van der Waals surface area (Å²) in [5, 5.41) is 16.5. The molecule has 2 aromatic rings. The molecular formula is C17H21N3O4. The Hall–Kier alpha value is -2.22. The summed E-state index contributed by atoms with van der Waals surface area (Å²) in [4.78, 5) is 14.3. The number of rotatable bonds is 6. The average molecular weight is 331 g/mol. The second-order valence-corrected chi connectivity index (χ2v) is 5.70. The largest absolute Gasteiger partial charge is 0.387 e. The van der Waals surface area contributed by atoms with Gasteiger partial charge in [0.25, 0.3) is 5.91 Å². The smallest absolute Gasteiger partial charge is 0.273 e. The van der Waals surface area contributed by atoms with Crippen LogP contribution in [0, 0.1) is 0 Å². The van der Waals surface area contributed by atoms with Gasteiger partial charge in [-0.1, -0.05) is 35.5 Å². The minimum atomic E-state index is -0.755. The molecule has 1 aromatic heterocycles. The van der Waals surface area contributed by atoms with E-state index in [0.717, 1.165) is 18.7 Å². The lowest BCUT2D eigenvalue weighted by molar-refractivity contribution is 0.0305. The first-order valence-corrected chi connectivity index (χ1v) is 7.99. The Morgan fingerprint density at radius 1 is 1.29 bits per heavy atom. The summed E-state index contributed by atoms with van der Waals surface area (Å²) in [6, 6.07) is 10.8. The molecule has 7 heteroatoms. The zero-order valence-corrected chi connectivity index (χ0v) is 13.4. The Bertz CT molecular complexity index is 653. The van der Waals surface area contributed by atoms with Gasteiger partial charge in [-0.2, -0.15) is 0 Å². The van der Waals surface area contributed by atoms with Gasteiger partial charge in [0, 0.05) is 25.7 Å². The fourth-order valence-electron chi connectivity index (χ4n) is 2.55. The maximum absolute atomic E-state index is 12.1. The molecule has 1 amide bonds. The van der Waals surface area contributed by atoms with E-state index in [4.69, 9.17) is 9.26 Å². The third kappa shape index (κ3) is 4.41. The van der Waals surface area contributed by atoms with Crippen molar-refractivity contribution >= 4 is 5.91 Å². The fraction of sp³-hybridized carbons (Fsp3) is 0.412. The summed E-state index contributed by atoms with van der Waals surface area (Å²) in [5.74, 6) is 0.285. The number of carbonyl (C=O) groups is 1. The maximum Gasteiger partial charge on any atom is 0.273 e. The number of ether oxygens (including phenoxy) is 1. The number of amides is 1. The van der Waals surface area contributed by atoms with Crippen LogP contribution in [-0.2, 0) is 11.3 Å². The first kappa shape index (κ1) is 16.6. The van der Waals surface area contributed by atoms with E-state index in [0.29, 0.717) is 25.5 Å². The quantitative estimate of drug-likeness (QED) is 0.820. The fourth-order valence-corrected chi connectivity index (χ4v) is 2.55. The Kier molecular flexibility index (Phi) is 5.58. The number of aliphatic hydroxyl groups excluding tert-OH is 1. The first-order chi connectivity index (χ1) is 11.7. The maximum atomic E-state index is 12.1. The van der Waals surface area contributed by atoms with Gasteiger partial charge >= 0.3 is 0 Å². The third-order valence-electron chi connectivity index (χ3n) is 3.92. The molecule has 1 aromatic carbocycles. The second-order valence-electron chi connectivity index (χ2n) is 5.70. The highest BCUT2D eigenvalue weighted by Gasteiger charge is 2.17. The Morgan fingerprint density at radius 2 is 2.04 bits per heavy atom. The van der Waals surface area contributed by atoms with Crippen molar-refractivity contribution in [2.75, 3.05) is 32.8 Å². The van der Waals surface area contributed by atoms with Crippen LogP contribution in [0.1, 0.15) is 27.9 Å². The van der Waals surface area contributed by atoms with Crippen LogP contribution >= 0.6 is 0 Å². The summed E-state index contributed by atoms with van der Waals surface area (Å²) >= 11 is 0. The van der Waals surface area contributed by atoms with Crippen molar-refractivity contribution in [2.24, 2.45) is 0 Å². The predicted octanol–water partition coefficient (Wildman–Crippen LogP) is 0.970. The molecule has 7 nitrogen and oxygen atoms in total. The SMILES string of the molecule is O=C(NCC(O)c1ccccc1)c1cc(CN2CCOCC2)on1. The number of aromatic nitrogens is 1. The number of morpholine rings is 1. The monoisotopic (exact) mass is 331 g/mol. The predicted molar refractivity (Wildman–Crippen MR) is 86.3 cm³/mol. The number of nitrogens with one attached hydrogen (secondary N) is 1. The number of carbonyl (C=O) groups excluding carboxylic acids is 1. The van der Waals surface area contributed by atoms with Gasteiger partial charge < -0.3 is 19.7 Å². The average Bonchev–Trinajstić information content (AvgIpc) is 3.09. The summed E-state index contributed by atoms with van der Waals surface area (Å²) in [6.45, 7) is 3.82. The third-order valence-corrected chi connectivity index (χ3v) is 3.92. The van der Waals surface area contributed by atoms with E-state index in [-0.39, 0.29) is 18.1 Å². The van der Waals surface area contributed by atoms with Crippen molar-refractivity contribution in [1.82, 2.24) is 15.4 Å². The Morgan fingerprint density at radius 3 is 2.79 bits per heavy atom. The van der Waals surface area contributed by atoms with Crippen LogP contribution in [-0.4, -0.2) is 53.9 Å². The molecule has 24 heavy (non-hydrogen) atoms. The lowest BCUT2D eigenvalue weighted by Crippen LogP contribution is -2.35. The minimum Gasteiger partial charge on any atom is -0.387 e. The van der Waals surface area contributed by atoms with E-state index >= 15 is 0 Å². The van der Waals surface area contributed by atoms with Gasteiger partial charge in [0.05, 0.1) is 25.9 Å². The topological polar surface area (TPSA) is 87.8 Å². The number of hydrogen-bond acceptors (Lipinski definition) is 6. The summed E-state index contributed by atoms with van der Waals surface area (Å²) in [5.41, 5.74) is 0.976. The molecule has 0 spiro atoms. The van der Waals surface area contributed by atoms with Gasteiger partial charge in [0.1, 0.15) is 0 Å². The van der Waals surface area contributed by atoms with Crippen LogP contribution in [0.2, 0.25) is 0 Å². The molecule has 1 fully saturated rings. The van der Waals surface area contributed by atoms with E-state index in [9.17, 15) is 9.90 Å². The molecule has 3 rings (SSSR count). The van der Waals surface area contributed by atoms with E-state index in [1.54, 1.807) is 6.07 Å². The normalized spacial score (nSPS) is 16.7. The second kappa shape index (κ2) is 8.05. The molecule has 0 radical (unpaired) electrons. The van der Waals surface area contributed by atoms with Crippen molar-refractivity contribution in [3.8, 4) is 0 Å². The number of aliphatic hydroxyl groups is 1. The van der Waals surface area contributed by atoms with Crippen LogP contribution in [0.25, 0.3) is 0 Å². The van der Waals surface area contributed by atoms with Crippen molar-refractivity contribution in [2.45, 2.75) is 12.6 Å². The lowest BCUT2D eigenvalue weighted by Gasteiger charge is -2.25. The van der Waals surface area contributed by atoms with E-state index in [2.05, 4.69) is 15.4 Å². The molecule has 2 heterocycles. The summed E-state index contributed by atoms with van der Waals surface area (Å²) < 4.78 is 10.5. The molecule has 1 saturated heterocycles. The highest BCUT2D eigenvalue weighted by Crippen LogP contribution is 2.12. The molecule has 0 aliphatic carbocycles. The van der Waals surface area contributed by atoms with Crippen molar-refractivity contribution in [3.63, 3.8) is 0 Å². The van der Waals surface area contributed by atoms with Gasteiger partial charge in [0.2, 0.25) is 0 Å². The number of hydrogen-bond donors (Lipinski definition) is 2. The van der Waals surface area contributed by atoms with Crippen LogP contribution in [0.3, 0.4) is 0 Å². The highest BCUT2D eigenvalue weighted by atomic mass is 16.5. The lowest BCUT2D eigenvalue weighted by atomic mass is 10.1. The molecule has 2 N–H and O–H groups in total. The summed E-state index contributed by atoms with van der Waals surface area (Å²) in [6.07, 6.45) is -0.755. The zero-order valence-electron chi connectivity index (χ0n) is 13.4. The Balaban J connectivity index is 1.50. The first-order valence-electron chi connectivity index (χ1n) is 7.99. The van der Waals surface area contributed by atoms with Gasteiger partial charge in [-0.25, -0.2) is 0 Å². The van der Waals surface area contributed by atoms with Crippen LogP contribution in [0.4, 0.5) is 0 Å². The molecule has 0 bridgehead atoms. The molecule has 0 saturated carbocycles. The molecular weight excluding hydrogens is 310 g/mol. The Labute approximate surface area is 140 Å².